The van der Waals surface area contributed by atoms with Gasteiger partial charge in [0.25, 0.3) is 0 Å². The average molecular weight is 472 g/mol. The van der Waals surface area contributed by atoms with Gasteiger partial charge < -0.3 is 4.98 Å². The van der Waals surface area contributed by atoms with Gasteiger partial charge in [0.2, 0.25) is 0 Å². The molecule has 198 valence electrons. The van der Waals surface area contributed by atoms with Gasteiger partial charge in [0, 0.05) is 11.9 Å². The highest BCUT2D eigenvalue weighted by Crippen LogP contribution is 2.16. The van der Waals surface area contributed by atoms with Crippen molar-refractivity contribution < 1.29 is 0 Å². The van der Waals surface area contributed by atoms with E-state index >= 15 is 0 Å². The molecule has 0 atom stereocenters. The summed E-state index contributed by atoms with van der Waals surface area (Å²) in [6, 6.07) is 4.18. The van der Waals surface area contributed by atoms with Crippen molar-refractivity contribution in [2.24, 2.45) is 0 Å². The lowest BCUT2D eigenvalue weighted by Crippen LogP contribution is -1.84. The van der Waals surface area contributed by atoms with Crippen molar-refractivity contribution in [1.82, 2.24) is 4.98 Å². The van der Waals surface area contributed by atoms with E-state index in [0.717, 1.165) is 0 Å². The summed E-state index contributed by atoms with van der Waals surface area (Å²) in [5, 5.41) is 0. The minimum atomic E-state index is 1.22. The number of hydrogen-bond donors (Lipinski definition) is 1. The Bertz CT molecular complexity index is 501. The normalized spacial score (nSPS) is 11.7. The van der Waals surface area contributed by atoms with Gasteiger partial charge in [-0.25, -0.2) is 0 Å². The lowest BCUT2D eigenvalue weighted by atomic mass is 10.0. The van der Waals surface area contributed by atoms with Crippen LogP contribution < -0.4 is 0 Å². The molecule has 0 aliphatic heterocycles. The van der Waals surface area contributed by atoms with Gasteiger partial charge >= 0.3 is 0 Å². The van der Waals surface area contributed by atoms with E-state index in [1.807, 2.05) is 6.20 Å². The van der Waals surface area contributed by atoms with Gasteiger partial charge in [-0.3, -0.25) is 0 Å². The molecule has 1 N–H and O–H groups in total. The summed E-state index contributed by atoms with van der Waals surface area (Å²) in [6.45, 7) is 2.30. The quantitative estimate of drug-likeness (QED) is 0.123. The Morgan fingerprint density at radius 3 is 1.18 bits per heavy atom. The Hall–Kier alpha value is -0.980. The van der Waals surface area contributed by atoms with E-state index in [9.17, 15) is 0 Å². The first kappa shape index (κ1) is 31.1. The fourth-order valence-electron chi connectivity index (χ4n) is 5.06. The molecule has 1 heterocycles. The van der Waals surface area contributed by atoms with Crippen LogP contribution in [-0.4, -0.2) is 4.98 Å². The second kappa shape index (κ2) is 26.6. The van der Waals surface area contributed by atoms with Crippen LogP contribution in [0.1, 0.15) is 180 Å². The maximum Gasteiger partial charge on any atom is 0.0377 e. The molecule has 34 heavy (non-hydrogen) atoms. The fraction of sp³-hybridized carbons (Fsp3) is 0.818. The van der Waals surface area contributed by atoms with E-state index in [0.29, 0.717) is 0 Å². The van der Waals surface area contributed by atoms with Crippen LogP contribution in [0.5, 0.6) is 0 Å². The van der Waals surface area contributed by atoms with E-state index in [1.54, 1.807) is 0 Å². The van der Waals surface area contributed by atoms with Crippen molar-refractivity contribution >= 4 is 6.08 Å². The number of aromatic nitrogens is 1. The molecule has 1 aromatic heterocycles. The third kappa shape index (κ3) is 22.8. The smallest absolute Gasteiger partial charge is 0.0377 e. The Balaban J connectivity index is 1.63. The Morgan fingerprint density at radius 1 is 0.500 bits per heavy atom. The molecule has 1 nitrogen and oxygen atoms in total. The second-order valence-corrected chi connectivity index (χ2v) is 10.8. The molecular formula is C33H61N. The maximum absolute atomic E-state index is 3.22. The van der Waals surface area contributed by atoms with Crippen molar-refractivity contribution in [1.29, 1.82) is 0 Å². The first-order valence-corrected chi connectivity index (χ1v) is 15.7. The zero-order valence-electron chi connectivity index (χ0n) is 23.3. The van der Waals surface area contributed by atoms with Crippen LogP contribution in [0.3, 0.4) is 0 Å². The number of unbranched alkanes of at least 4 members (excludes halogenated alkanes) is 25. The van der Waals surface area contributed by atoms with E-state index in [1.165, 1.54) is 173 Å². The third-order valence-electron chi connectivity index (χ3n) is 7.39. The molecule has 1 heteroatoms. The minimum Gasteiger partial charge on any atom is -0.362 e. The highest BCUT2D eigenvalue weighted by molar-refractivity contribution is 5.43. The summed E-state index contributed by atoms with van der Waals surface area (Å²) in [5.74, 6) is 0. The predicted molar refractivity (Wildman–Crippen MR) is 156 cm³/mol. The summed E-state index contributed by atoms with van der Waals surface area (Å²) in [6.07, 6.45) is 44.2. The number of allylic oxidation sites excluding steroid dienone is 1. The van der Waals surface area contributed by atoms with E-state index in [2.05, 4.69) is 36.2 Å². The van der Waals surface area contributed by atoms with Crippen molar-refractivity contribution in [2.75, 3.05) is 0 Å². The zero-order chi connectivity index (χ0) is 24.2. The van der Waals surface area contributed by atoms with Gasteiger partial charge in [0.1, 0.15) is 0 Å². The SMILES string of the molecule is CCCCCCCCCCCCCCCCCCCCCCCCCCCC=Cc1ccc[nH]1. The number of hydrogen-bond acceptors (Lipinski definition) is 0. The largest absolute Gasteiger partial charge is 0.362 e. The Kier molecular flexibility index (Phi) is 24.3. The van der Waals surface area contributed by atoms with E-state index < -0.39 is 0 Å². The van der Waals surface area contributed by atoms with Gasteiger partial charge in [0.05, 0.1) is 0 Å². The van der Waals surface area contributed by atoms with Crippen molar-refractivity contribution in [2.45, 2.75) is 174 Å². The van der Waals surface area contributed by atoms with Crippen LogP contribution in [0.15, 0.2) is 24.4 Å². The standard InChI is InChI=1S/C33H61N/c1-2-3-4-5-6-7-8-9-10-11-12-13-14-15-16-17-18-19-20-21-22-23-24-25-26-27-28-30-33-31-29-32-34-33/h28-32,34H,2-27H2,1H3. The lowest BCUT2D eigenvalue weighted by molar-refractivity contribution is 0.516. The molecular weight excluding hydrogens is 410 g/mol. The maximum atomic E-state index is 3.22. The zero-order valence-corrected chi connectivity index (χ0v) is 23.3. The highest BCUT2D eigenvalue weighted by atomic mass is 14.7. The molecule has 0 saturated carbocycles. The number of nitrogens with one attached hydrogen (secondary N) is 1. The molecule has 0 spiro atoms. The number of aromatic amines is 1. The van der Waals surface area contributed by atoms with Crippen molar-refractivity contribution in [3.8, 4) is 0 Å². The minimum absolute atomic E-state index is 1.22. The highest BCUT2D eigenvalue weighted by Gasteiger charge is 1.96. The summed E-state index contributed by atoms with van der Waals surface area (Å²) in [4.78, 5) is 3.22. The molecule has 0 bridgehead atoms. The monoisotopic (exact) mass is 471 g/mol. The predicted octanol–water partition coefficient (Wildman–Crippen LogP) is 12.2. The molecule has 0 fully saturated rings. The first-order valence-electron chi connectivity index (χ1n) is 15.7. The summed E-state index contributed by atoms with van der Waals surface area (Å²) in [5.41, 5.74) is 1.22. The summed E-state index contributed by atoms with van der Waals surface area (Å²) < 4.78 is 0. The Labute approximate surface area is 215 Å². The third-order valence-corrected chi connectivity index (χ3v) is 7.39. The fourth-order valence-corrected chi connectivity index (χ4v) is 5.06. The van der Waals surface area contributed by atoms with Gasteiger partial charge in [-0.05, 0) is 31.1 Å². The van der Waals surface area contributed by atoms with Crippen LogP contribution in [0, 0.1) is 0 Å². The molecule has 0 aliphatic carbocycles. The van der Waals surface area contributed by atoms with E-state index in [4.69, 9.17) is 0 Å². The van der Waals surface area contributed by atoms with Gasteiger partial charge in [-0.15, -0.1) is 0 Å². The molecule has 1 rings (SSSR count). The first-order chi connectivity index (χ1) is 16.9. The summed E-state index contributed by atoms with van der Waals surface area (Å²) in [7, 11) is 0. The lowest BCUT2D eigenvalue weighted by Gasteiger charge is -2.04. The van der Waals surface area contributed by atoms with Crippen molar-refractivity contribution in [3.63, 3.8) is 0 Å². The van der Waals surface area contributed by atoms with Gasteiger partial charge in [-0.1, -0.05) is 167 Å². The van der Waals surface area contributed by atoms with E-state index in [-0.39, 0.29) is 0 Å². The van der Waals surface area contributed by atoms with Gasteiger partial charge in [-0.2, -0.15) is 0 Å². The van der Waals surface area contributed by atoms with Crippen molar-refractivity contribution in [3.05, 3.63) is 30.1 Å². The Morgan fingerprint density at radius 2 is 0.853 bits per heavy atom. The molecule has 0 aliphatic rings. The van der Waals surface area contributed by atoms with Crippen LogP contribution in [0.25, 0.3) is 6.08 Å². The molecule has 0 radical (unpaired) electrons. The van der Waals surface area contributed by atoms with Crippen LogP contribution in [0.2, 0.25) is 0 Å². The number of H-pyrrole nitrogens is 1. The van der Waals surface area contributed by atoms with Crippen LogP contribution in [-0.2, 0) is 0 Å². The van der Waals surface area contributed by atoms with Crippen LogP contribution >= 0.6 is 0 Å². The molecule has 1 aromatic rings. The summed E-state index contributed by atoms with van der Waals surface area (Å²) >= 11 is 0. The molecule has 0 aromatic carbocycles. The molecule has 0 unspecified atom stereocenters. The molecule has 0 saturated heterocycles. The average Bonchev–Trinajstić information content (AvgIpc) is 3.37. The molecule has 0 amide bonds. The van der Waals surface area contributed by atoms with Gasteiger partial charge in [0.15, 0.2) is 0 Å². The number of rotatable bonds is 27. The second-order valence-electron chi connectivity index (χ2n) is 10.8. The van der Waals surface area contributed by atoms with Crippen LogP contribution in [0.4, 0.5) is 0 Å². The topological polar surface area (TPSA) is 15.8 Å².